The minimum Gasteiger partial charge on any atom is -0.310 e. The lowest BCUT2D eigenvalue weighted by Crippen LogP contribution is -2.88. The van der Waals surface area contributed by atoms with Gasteiger partial charge in [-0.05, 0) is 175 Å². The number of anilines is 3. The van der Waals surface area contributed by atoms with Gasteiger partial charge in [0.1, 0.15) is 0 Å². The summed E-state index contributed by atoms with van der Waals surface area (Å²) in [6.45, 7) is 4.77. The molecule has 0 N–H and O–H groups in total. The van der Waals surface area contributed by atoms with Gasteiger partial charge >= 0.3 is 0 Å². The molecule has 5 saturated carbocycles. The Morgan fingerprint density at radius 1 is 0.462 bits per heavy atom. The van der Waals surface area contributed by atoms with E-state index in [1.165, 1.54) is 140 Å². The average Bonchev–Trinajstić information content (AvgIpc) is 3.76. The van der Waals surface area contributed by atoms with Gasteiger partial charge in [-0.1, -0.05) is 173 Å². The van der Waals surface area contributed by atoms with Crippen LogP contribution in [0, 0.1) is 29.1 Å². The Morgan fingerprint density at radius 3 is 1.86 bits per heavy atom. The van der Waals surface area contributed by atoms with E-state index in [1.807, 2.05) is 0 Å². The van der Waals surface area contributed by atoms with Crippen molar-refractivity contribution < 1.29 is 0 Å². The topological polar surface area (TPSA) is 3.24 Å². The van der Waals surface area contributed by atoms with Crippen LogP contribution in [0.2, 0.25) is 0 Å². The lowest BCUT2D eigenvalue weighted by atomic mass is 9.11. The van der Waals surface area contributed by atoms with E-state index >= 15 is 0 Å². The molecule has 15 rings (SSSR count). The lowest BCUT2D eigenvalue weighted by Gasteiger charge is -2.92. The van der Waals surface area contributed by atoms with Crippen LogP contribution in [0.4, 0.5) is 17.1 Å². The van der Waals surface area contributed by atoms with Crippen molar-refractivity contribution in [2.45, 2.75) is 82.0 Å². The van der Waals surface area contributed by atoms with E-state index in [9.17, 15) is 0 Å². The number of fused-ring (bicyclic) bond motifs is 11. The van der Waals surface area contributed by atoms with E-state index in [0.29, 0.717) is 11.3 Å². The van der Waals surface area contributed by atoms with Crippen molar-refractivity contribution in [1.82, 2.24) is 0 Å². The normalized spacial score (nSPS) is 26.6. The summed E-state index contributed by atoms with van der Waals surface area (Å²) in [5.74, 6) is 4.13. The summed E-state index contributed by atoms with van der Waals surface area (Å²) < 4.78 is 0. The molecule has 1 nitrogen and oxygen atoms in total. The molecule has 0 saturated heterocycles. The van der Waals surface area contributed by atoms with Crippen LogP contribution in [0.3, 0.4) is 0 Å². The fraction of sp³-hybridized carbons (Fsp3) is 0.281. The van der Waals surface area contributed by atoms with Gasteiger partial charge in [0.05, 0.1) is 5.69 Å². The van der Waals surface area contributed by atoms with Crippen molar-refractivity contribution in [3.05, 3.63) is 198 Å². The lowest BCUT2D eigenvalue weighted by molar-refractivity contribution is -0.412. The van der Waals surface area contributed by atoms with Gasteiger partial charge in [-0.3, -0.25) is 0 Å². The SMILES string of the molecule is CC1(C)c2ccccc2-c2c(-c3ccc(N(c4ccc5c(c4)C4(c6ccccc6-5)C5CC6CC7CC4C675)c4ccccc4-c4cccc5cccc(C6CCCCC6)c45)cc3)cccc21. The highest BCUT2D eigenvalue weighted by Crippen LogP contribution is 2.95. The van der Waals surface area contributed by atoms with Crippen LogP contribution in [0.1, 0.15) is 98.9 Å². The molecule has 316 valence electrons. The number of para-hydroxylation sites is 1. The molecule has 1 heteroatoms. The first-order valence-corrected chi connectivity index (χ1v) is 25.0. The van der Waals surface area contributed by atoms with E-state index in [4.69, 9.17) is 0 Å². The second-order valence-corrected chi connectivity index (χ2v) is 21.7. The van der Waals surface area contributed by atoms with E-state index in [2.05, 4.69) is 189 Å². The number of nitrogens with zero attached hydrogens (tertiary/aromatic N) is 1. The molecular weight excluding hydrogens is 783 g/mol. The summed E-state index contributed by atoms with van der Waals surface area (Å²) in [6.07, 6.45) is 10.9. The zero-order valence-electron chi connectivity index (χ0n) is 37.7. The van der Waals surface area contributed by atoms with Gasteiger partial charge in [-0.2, -0.15) is 0 Å². The van der Waals surface area contributed by atoms with Crippen LogP contribution < -0.4 is 4.90 Å². The minimum absolute atomic E-state index is 0.0368. The number of rotatable bonds is 6. The van der Waals surface area contributed by atoms with Gasteiger partial charge < -0.3 is 4.90 Å². The molecule has 7 aliphatic carbocycles. The summed E-state index contributed by atoms with van der Waals surface area (Å²) in [4.78, 5) is 2.62. The summed E-state index contributed by atoms with van der Waals surface area (Å²) in [5, 5.41) is 2.79. The zero-order chi connectivity index (χ0) is 42.8. The molecule has 0 heterocycles. The summed E-state index contributed by atoms with van der Waals surface area (Å²) in [7, 11) is 0. The molecule has 8 aromatic carbocycles. The summed E-state index contributed by atoms with van der Waals surface area (Å²) in [5.41, 5.74) is 23.0. The van der Waals surface area contributed by atoms with Crippen molar-refractivity contribution in [2.24, 2.45) is 29.1 Å². The molecule has 8 aromatic rings. The molecule has 0 aliphatic heterocycles. The van der Waals surface area contributed by atoms with Gasteiger partial charge in [-0.15, -0.1) is 0 Å². The predicted molar refractivity (Wildman–Crippen MR) is 269 cm³/mol. The van der Waals surface area contributed by atoms with Crippen molar-refractivity contribution in [2.75, 3.05) is 4.90 Å². The quantitative estimate of drug-likeness (QED) is 0.161. The molecule has 65 heavy (non-hydrogen) atoms. The first-order chi connectivity index (χ1) is 32.0. The minimum atomic E-state index is -0.0368. The van der Waals surface area contributed by atoms with Crippen molar-refractivity contribution in [3.63, 3.8) is 0 Å². The highest BCUT2D eigenvalue weighted by molar-refractivity contribution is 6.04. The van der Waals surface area contributed by atoms with Crippen LogP contribution >= 0.6 is 0 Å². The van der Waals surface area contributed by atoms with Crippen molar-refractivity contribution >= 4 is 27.8 Å². The third-order valence-electron chi connectivity index (χ3n) is 19.2. The second kappa shape index (κ2) is 13.0. The van der Waals surface area contributed by atoms with Crippen molar-refractivity contribution in [1.29, 1.82) is 0 Å². The molecule has 0 bridgehead atoms. The Morgan fingerprint density at radius 2 is 1.08 bits per heavy atom. The number of benzene rings is 8. The molecule has 0 aromatic heterocycles. The Hall–Kier alpha value is -6.18. The first kappa shape index (κ1) is 37.1. The van der Waals surface area contributed by atoms with Gasteiger partial charge in [0.2, 0.25) is 0 Å². The highest BCUT2D eigenvalue weighted by Gasteiger charge is 2.90. The maximum Gasteiger partial charge on any atom is 0.0540 e. The van der Waals surface area contributed by atoms with Gasteiger partial charge in [-0.25, -0.2) is 0 Å². The van der Waals surface area contributed by atoms with Gasteiger partial charge in [0, 0.05) is 27.8 Å². The third-order valence-corrected chi connectivity index (χ3v) is 19.2. The second-order valence-electron chi connectivity index (χ2n) is 21.7. The standard InChI is InChI=1S/C64H55N/c1-62(2)53-25-9-7-21-52(53)61-47(23-14-27-55(61)62)40-29-31-44(32-30-40)65(57-28-11-8-20-50(57)51-24-13-18-41-17-12-22-46(60(41)51)39-15-4-3-5-16-39)45-33-34-49-48-19-6-10-26-54(48)64(56(49)38-45)58-36-42-35-43-37-59(64)63(42,43)58/h6-14,17-34,38-39,42-43,58-59H,3-5,15-16,35-37H2,1-2H3. The molecule has 0 amide bonds. The van der Waals surface area contributed by atoms with Crippen LogP contribution in [0.25, 0.3) is 55.3 Å². The maximum atomic E-state index is 2.67. The average molecular weight is 838 g/mol. The molecular formula is C64H55N. The van der Waals surface area contributed by atoms with Crippen molar-refractivity contribution in [3.8, 4) is 44.5 Å². The van der Waals surface area contributed by atoms with E-state index in [1.54, 1.807) is 11.1 Å². The van der Waals surface area contributed by atoms with Crippen LogP contribution in [-0.2, 0) is 10.8 Å². The third kappa shape index (κ3) is 4.51. The molecule has 4 atom stereocenters. The molecule has 0 radical (unpaired) electrons. The van der Waals surface area contributed by atoms with E-state index in [0.717, 1.165) is 23.7 Å². The van der Waals surface area contributed by atoms with Crippen LogP contribution in [0.5, 0.6) is 0 Å². The fourth-order valence-electron chi connectivity index (χ4n) is 16.5. The Bertz CT molecular complexity index is 3280. The Balaban J connectivity index is 0.927. The molecule has 5 fully saturated rings. The molecule has 7 aliphatic rings. The highest BCUT2D eigenvalue weighted by atomic mass is 15.1. The predicted octanol–water partition coefficient (Wildman–Crippen LogP) is 16.9. The maximum absolute atomic E-state index is 2.67. The Labute approximate surface area is 384 Å². The number of hydrogen-bond donors (Lipinski definition) is 0. The van der Waals surface area contributed by atoms with E-state index < -0.39 is 0 Å². The van der Waals surface area contributed by atoms with Crippen LogP contribution in [0.15, 0.2) is 170 Å². The molecule has 4 unspecified atom stereocenters. The smallest absolute Gasteiger partial charge is 0.0540 e. The largest absolute Gasteiger partial charge is 0.310 e. The van der Waals surface area contributed by atoms with E-state index in [-0.39, 0.29) is 10.8 Å². The summed E-state index contributed by atoms with van der Waals surface area (Å²) in [6, 6.07) is 66.2. The van der Waals surface area contributed by atoms with Gasteiger partial charge in [0.25, 0.3) is 0 Å². The molecule has 2 spiro atoms. The van der Waals surface area contributed by atoms with Crippen LogP contribution in [-0.4, -0.2) is 0 Å². The first-order valence-electron chi connectivity index (χ1n) is 25.0. The fourth-order valence-corrected chi connectivity index (χ4v) is 16.5. The zero-order valence-corrected chi connectivity index (χ0v) is 37.7. The monoisotopic (exact) mass is 837 g/mol. The number of hydrogen-bond acceptors (Lipinski definition) is 1. The van der Waals surface area contributed by atoms with Gasteiger partial charge in [0.15, 0.2) is 0 Å². The Kier molecular flexibility index (Phi) is 7.42. The summed E-state index contributed by atoms with van der Waals surface area (Å²) >= 11 is 0.